The minimum Gasteiger partial charge on any atom is -0.397 e. The molecule has 18 heavy (non-hydrogen) atoms. The van der Waals surface area contributed by atoms with Crippen molar-refractivity contribution >= 4 is 27.3 Å². The number of aromatic nitrogens is 3. The molecule has 0 saturated carbocycles. The maximum absolute atomic E-state index is 13.3. The van der Waals surface area contributed by atoms with Crippen molar-refractivity contribution in [3.8, 4) is 0 Å². The van der Waals surface area contributed by atoms with E-state index in [4.69, 9.17) is 5.73 Å². The van der Waals surface area contributed by atoms with E-state index < -0.39 is 0 Å². The molecule has 2 rings (SSSR count). The van der Waals surface area contributed by atoms with E-state index in [9.17, 15) is 4.39 Å². The number of hydrogen-bond donors (Lipinski definition) is 2. The van der Waals surface area contributed by atoms with Crippen molar-refractivity contribution in [2.75, 3.05) is 11.1 Å². The molecule has 96 valence electrons. The number of halogens is 2. The Balaban J connectivity index is 2.24. The van der Waals surface area contributed by atoms with Crippen LogP contribution < -0.4 is 11.1 Å². The number of anilines is 2. The van der Waals surface area contributed by atoms with Crippen molar-refractivity contribution in [3.63, 3.8) is 0 Å². The fourth-order valence-electron chi connectivity index (χ4n) is 1.67. The lowest BCUT2D eigenvalue weighted by molar-refractivity contribution is 0.621. The molecule has 0 saturated heterocycles. The van der Waals surface area contributed by atoms with E-state index in [1.54, 1.807) is 12.4 Å². The van der Waals surface area contributed by atoms with Crippen LogP contribution in [0.1, 0.15) is 18.8 Å². The topological polar surface area (TPSA) is 68.8 Å². The standard InChI is InChI=1S/C11H13BrFN5/c1-6(11-17-15-5-18(11)2)16-10-3-7(12)8(13)4-9(10)14/h3-6,16H,14H2,1-2H3. The molecule has 1 atom stereocenters. The Kier molecular flexibility index (Phi) is 3.51. The molecule has 0 fully saturated rings. The number of nitrogens with two attached hydrogens (primary N) is 1. The van der Waals surface area contributed by atoms with Gasteiger partial charge in [-0.3, -0.25) is 0 Å². The minimum absolute atomic E-state index is 0.0860. The van der Waals surface area contributed by atoms with Gasteiger partial charge in [0.25, 0.3) is 0 Å². The molecular formula is C11H13BrFN5. The molecule has 0 spiro atoms. The van der Waals surface area contributed by atoms with Crippen molar-refractivity contribution < 1.29 is 4.39 Å². The summed E-state index contributed by atoms with van der Waals surface area (Å²) in [6.07, 6.45) is 1.62. The summed E-state index contributed by atoms with van der Waals surface area (Å²) < 4.78 is 15.4. The molecule has 0 aliphatic heterocycles. The molecule has 7 heteroatoms. The van der Waals surface area contributed by atoms with E-state index in [0.717, 1.165) is 5.82 Å². The largest absolute Gasteiger partial charge is 0.397 e. The predicted molar refractivity (Wildman–Crippen MR) is 71.6 cm³/mol. The summed E-state index contributed by atoms with van der Waals surface area (Å²) in [6.45, 7) is 1.93. The Morgan fingerprint density at radius 3 is 2.83 bits per heavy atom. The number of hydrogen-bond acceptors (Lipinski definition) is 4. The van der Waals surface area contributed by atoms with Gasteiger partial charge in [0, 0.05) is 13.1 Å². The van der Waals surface area contributed by atoms with Crippen LogP contribution in [0.5, 0.6) is 0 Å². The van der Waals surface area contributed by atoms with Gasteiger partial charge in [0.1, 0.15) is 12.1 Å². The SMILES string of the molecule is CC(Nc1cc(Br)c(F)cc1N)c1nncn1C. The third-order valence-electron chi connectivity index (χ3n) is 2.60. The fraction of sp³-hybridized carbons (Fsp3) is 0.273. The van der Waals surface area contributed by atoms with Gasteiger partial charge in [-0.25, -0.2) is 4.39 Å². The first-order valence-electron chi connectivity index (χ1n) is 5.34. The summed E-state index contributed by atoms with van der Waals surface area (Å²) in [5, 5.41) is 11.0. The first kappa shape index (κ1) is 12.8. The smallest absolute Gasteiger partial charge is 0.154 e. The Hall–Kier alpha value is -1.63. The molecule has 0 aliphatic rings. The quantitative estimate of drug-likeness (QED) is 0.854. The molecule has 0 radical (unpaired) electrons. The summed E-state index contributed by atoms with van der Waals surface area (Å²) in [6, 6.07) is 2.80. The van der Waals surface area contributed by atoms with Crippen molar-refractivity contribution in [2.45, 2.75) is 13.0 Å². The molecule has 1 aromatic heterocycles. The number of nitrogens with zero attached hydrogens (tertiary/aromatic N) is 3. The number of benzene rings is 1. The van der Waals surface area contributed by atoms with Gasteiger partial charge in [0.2, 0.25) is 0 Å². The van der Waals surface area contributed by atoms with Crippen LogP contribution in [0.25, 0.3) is 0 Å². The number of aryl methyl sites for hydroxylation is 1. The lowest BCUT2D eigenvalue weighted by Gasteiger charge is -2.16. The number of rotatable bonds is 3. The van der Waals surface area contributed by atoms with Crippen LogP contribution in [0, 0.1) is 5.82 Å². The van der Waals surface area contributed by atoms with E-state index in [1.807, 2.05) is 18.5 Å². The molecule has 1 unspecified atom stereocenters. The highest BCUT2D eigenvalue weighted by Gasteiger charge is 2.13. The van der Waals surface area contributed by atoms with Crippen LogP contribution in [0.2, 0.25) is 0 Å². The van der Waals surface area contributed by atoms with Crippen LogP contribution in [0.15, 0.2) is 22.9 Å². The van der Waals surface area contributed by atoms with E-state index in [-0.39, 0.29) is 11.9 Å². The second-order valence-electron chi connectivity index (χ2n) is 4.02. The summed E-state index contributed by atoms with van der Waals surface area (Å²) >= 11 is 3.13. The van der Waals surface area contributed by atoms with Crippen LogP contribution >= 0.6 is 15.9 Å². The molecular weight excluding hydrogens is 301 g/mol. The maximum atomic E-state index is 13.3. The highest BCUT2D eigenvalue weighted by Crippen LogP contribution is 2.29. The third-order valence-corrected chi connectivity index (χ3v) is 3.21. The van der Waals surface area contributed by atoms with Gasteiger partial charge in [-0.15, -0.1) is 10.2 Å². The fourth-order valence-corrected chi connectivity index (χ4v) is 2.01. The van der Waals surface area contributed by atoms with E-state index in [0.29, 0.717) is 15.8 Å². The van der Waals surface area contributed by atoms with Crippen LogP contribution in [0.3, 0.4) is 0 Å². The summed E-state index contributed by atoms with van der Waals surface area (Å²) in [4.78, 5) is 0. The lowest BCUT2D eigenvalue weighted by Crippen LogP contribution is -2.13. The van der Waals surface area contributed by atoms with Crippen LogP contribution in [-0.2, 0) is 7.05 Å². The van der Waals surface area contributed by atoms with Gasteiger partial charge in [0.15, 0.2) is 5.82 Å². The van der Waals surface area contributed by atoms with Gasteiger partial charge in [0.05, 0.1) is 21.9 Å². The zero-order valence-corrected chi connectivity index (χ0v) is 11.6. The Bertz CT molecular complexity index is 569. The normalized spacial score (nSPS) is 12.4. The number of nitrogens with one attached hydrogen (secondary N) is 1. The molecule has 1 aromatic carbocycles. The predicted octanol–water partition coefficient (Wildman–Crippen LogP) is 2.47. The Morgan fingerprint density at radius 2 is 2.22 bits per heavy atom. The van der Waals surface area contributed by atoms with Crippen LogP contribution in [-0.4, -0.2) is 14.8 Å². The Morgan fingerprint density at radius 1 is 1.50 bits per heavy atom. The zero-order chi connectivity index (χ0) is 13.3. The lowest BCUT2D eigenvalue weighted by atomic mass is 10.2. The highest BCUT2D eigenvalue weighted by molar-refractivity contribution is 9.10. The highest BCUT2D eigenvalue weighted by atomic mass is 79.9. The monoisotopic (exact) mass is 313 g/mol. The zero-order valence-electron chi connectivity index (χ0n) is 9.98. The summed E-state index contributed by atoms with van der Waals surface area (Å²) in [5.74, 6) is 0.388. The van der Waals surface area contributed by atoms with Gasteiger partial charge < -0.3 is 15.6 Å². The molecule has 1 heterocycles. The average molecular weight is 314 g/mol. The van der Waals surface area contributed by atoms with E-state index in [1.165, 1.54) is 6.07 Å². The van der Waals surface area contributed by atoms with Gasteiger partial charge in [-0.2, -0.15) is 0 Å². The van der Waals surface area contributed by atoms with Crippen molar-refractivity contribution in [2.24, 2.45) is 7.05 Å². The van der Waals surface area contributed by atoms with Gasteiger partial charge >= 0.3 is 0 Å². The van der Waals surface area contributed by atoms with Crippen molar-refractivity contribution in [3.05, 3.63) is 34.6 Å². The van der Waals surface area contributed by atoms with E-state index >= 15 is 0 Å². The maximum Gasteiger partial charge on any atom is 0.154 e. The summed E-state index contributed by atoms with van der Waals surface area (Å²) in [5.41, 5.74) is 6.77. The van der Waals surface area contributed by atoms with Crippen LogP contribution in [0.4, 0.5) is 15.8 Å². The first-order chi connectivity index (χ1) is 8.49. The molecule has 0 amide bonds. The molecule has 0 bridgehead atoms. The third kappa shape index (κ3) is 2.45. The average Bonchev–Trinajstić information content (AvgIpc) is 2.72. The second kappa shape index (κ2) is 4.93. The Labute approximate surface area is 112 Å². The second-order valence-corrected chi connectivity index (χ2v) is 4.87. The molecule has 2 aromatic rings. The summed E-state index contributed by atoms with van der Waals surface area (Å²) in [7, 11) is 1.86. The van der Waals surface area contributed by atoms with E-state index in [2.05, 4.69) is 31.4 Å². The van der Waals surface area contributed by atoms with Gasteiger partial charge in [-0.05, 0) is 28.9 Å². The minimum atomic E-state index is -0.385. The van der Waals surface area contributed by atoms with Crippen molar-refractivity contribution in [1.82, 2.24) is 14.8 Å². The first-order valence-corrected chi connectivity index (χ1v) is 6.13. The van der Waals surface area contributed by atoms with Gasteiger partial charge in [-0.1, -0.05) is 0 Å². The molecule has 5 nitrogen and oxygen atoms in total. The molecule has 0 aliphatic carbocycles. The molecule has 3 N–H and O–H groups in total. The van der Waals surface area contributed by atoms with Crippen molar-refractivity contribution in [1.29, 1.82) is 0 Å². The number of nitrogen functional groups attached to an aromatic ring is 1.